The highest BCUT2D eigenvalue weighted by atomic mass is 16.2. The Morgan fingerprint density at radius 1 is 0.406 bits per heavy atom. The summed E-state index contributed by atoms with van der Waals surface area (Å²) in [6, 6.07) is 1.47. The van der Waals surface area contributed by atoms with E-state index in [9.17, 15) is 9.59 Å². The molecule has 0 bridgehead atoms. The van der Waals surface area contributed by atoms with Gasteiger partial charge in [0.25, 0.3) is 0 Å². The molecule has 8 N–H and O–H groups in total. The summed E-state index contributed by atoms with van der Waals surface area (Å²) in [5, 5.41) is 0. The topological polar surface area (TPSA) is 151 Å². The smallest absolute Gasteiger partial charge is 0.320 e. The number of piperidine rings is 4. The van der Waals surface area contributed by atoms with E-state index in [-0.39, 0.29) is 36.2 Å². The van der Waals surface area contributed by atoms with Gasteiger partial charge in [0.05, 0.1) is 0 Å². The van der Waals surface area contributed by atoms with Crippen molar-refractivity contribution in [3.05, 3.63) is 0 Å². The van der Waals surface area contributed by atoms with Crippen molar-refractivity contribution in [2.24, 2.45) is 22.9 Å². The van der Waals surface area contributed by atoms with Crippen LogP contribution in [0.1, 0.15) is 51.4 Å². The third-order valence-corrected chi connectivity index (χ3v) is 7.24. The van der Waals surface area contributed by atoms with Gasteiger partial charge in [-0.3, -0.25) is 0 Å². The van der Waals surface area contributed by atoms with Gasteiger partial charge in [-0.1, -0.05) is 0 Å². The second-order valence-corrected chi connectivity index (χ2v) is 9.86. The quantitative estimate of drug-likeness (QED) is 0.403. The summed E-state index contributed by atoms with van der Waals surface area (Å²) in [5.41, 5.74) is 23.3. The minimum absolute atomic E-state index is 0.179. The van der Waals surface area contributed by atoms with Crippen LogP contribution in [0.2, 0.25) is 0 Å². The van der Waals surface area contributed by atoms with E-state index in [2.05, 4.69) is 0 Å². The standard InChI is InChI=1S/2C11H22N4O/c2*12-9-1-5-14(6-2-9)11(16)15-7-3-10(13)4-8-15/h2*9-10H,1-8,12-13H2. The van der Waals surface area contributed by atoms with Crippen LogP contribution in [-0.2, 0) is 0 Å². The van der Waals surface area contributed by atoms with E-state index in [0.29, 0.717) is 0 Å². The third kappa shape index (κ3) is 7.19. The Balaban J connectivity index is 0.000000181. The Morgan fingerprint density at radius 2 is 0.562 bits per heavy atom. The molecule has 0 aliphatic carbocycles. The highest BCUT2D eigenvalue weighted by molar-refractivity contribution is 5.75. The molecule has 4 rings (SSSR count). The lowest BCUT2D eigenvalue weighted by Crippen LogP contribution is -2.52. The summed E-state index contributed by atoms with van der Waals surface area (Å²) in [6.45, 7) is 6.46. The maximum absolute atomic E-state index is 12.1. The molecule has 10 nitrogen and oxygen atoms in total. The monoisotopic (exact) mass is 452 g/mol. The minimum Gasteiger partial charge on any atom is -0.328 e. The molecule has 0 unspecified atom stereocenters. The predicted molar refractivity (Wildman–Crippen MR) is 126 cm³/mol. The number of hydrogen-bond acceptors (Lipinski definition) is 6. The summed E-state index contributed by atoms with van der Waals surface area (Å²) in [4.78, 5) is 32.0. The average Bonchev–Trinajstić information content (AvgIpc) is 2.81. The van der Waals surface area contributed by atoms with Crippen LogP contribution in [0.3, 0.4) is 0 Å². The number of amides is 4. The maximum atomic E-state index is 12.1. The zero-order valence-electron chi connectivity index (χ0n) is 19.5. The van der Waals surface area contributed by atoms with Crippen LogP contribution in [0, 0.1) is 0 Å². The molecule has 0 radical (unpaired) electrons. The first-order valence-corrected chi connectivity index (χ1v) is 12.4. The molecule has 4 saturated heterocycles. The van der Waals surface area contributed by atoms with Crippen LogP contribution < -0.4 is 22.9 Å². The summed E-state index contributed by atoms with van der Waals surface area (Å²) in [5.74, 6) is 0. The van der Waals surface area contributed by atoms with Gasteiger partial charge >= 0.3 is 12.1 Å². The van der Waals surface area contributed by atoms with Gasteiger partial charge in [0, 0.05) is 76.5 Å². The molecule has 10 heteroatoms. The number of carbonyl (C=O) groups is 2. The first-order chi connectivity index (χ1) is 15.3. The number of rotatable bonds is 0. The molecule has 4 fully saturated rings. The van der Waals surface area contributed by atoms with E-state index < -0.39 is 0 Å². The average molecular weight is 453 g/mol. The molecule has 4 amide bonds. The van der Waals surface area contributed by atoms with Gasteiger partial charge in [0.15, 0.2) is 0 Å². The van der Waals surface area contributed by atoms with E-state index in [4.69, 9.17) is 22.9 Å². The van der Waals surface area contributed by atoms with Crippen molar-refractivity contribution in [2.45, 2.75) is 75.5 Å². The van der Waals surface area contributed by atoms with Gasteiger partial charge in [-0.15, -0.1) is 0 Å². The van der Waals surface area contributed by atoms with Crippen molar-refractivity contribution < 1.29 is 9.59 Å². The van der Waals surface area contributed by atoms with Crippen LogP contribution in [0.5, 0.6) is 0 Å². The second-order valence-electron chi connectivity index (χ2n) is 9.86. The maximum Gasteiger partial charge on any atom is 0.320 e. The van der Waals surface area contributed by atoms with E-state index in [1.807, 2.05) is 19.6 Å². The van der Waals surface area contributed by atoms with Crippen LogP contribution in [-0.4, -0.2) is 108 Å². The highest BCUT2D eigenvalue weighted by Gasteiger charge is 2.28. The third-order valence-electron chi connectivity index (χ3n) is 7.24. The molecule has 0 atom stereocenters. The first-order valence-electron chi connectivity index (χ1n) is 12.4. The predicted octanol–water partition coefficient (Wildman–Crippen LogP) is -0.0948. The second kappa shape index (κ2) is 12.0. The number of hydrogen-bond donors (Lipinski definition) is 4. The number of nitrogens with two attached hydrogens (primary N) is 4. The molecular formula is C22H44N8O2. The number of carbonyl (C=O) groups excluding carboxylic acids is 2. The molecule has 4 aliphatic heterocycles. The highest BCUT2D eigenvalue weighted by Crippen LogP contribution is 2.16. The fourth-order valence-corrected chi connectivity index (χ4v) is 4.76. The van der Waals surface area contributed by atoms with Crippen LogP contribution in [0.15, 0.2) is 0 Å². The molecule has 0 spiro atoms. The number of urea groups is 2. The Bertz CT molecular complexity index is 489. The minimum atomic E-state index is 0.179. The lowest BCUT2D eigenvalue weighted by atomic mass is 10.1. The molecule has 0 aromatic rings. The summed E-state index contributed by atoms with van der Waals surface area (Å²) < 4.78 is 0. The largest absolute Gasteiger partial charge is 0.328 e. The SMILES string of the molecule is NC1CCN(C(=O)N2CCC(N)CC2)CC1.NC1CCN(C(=O)N2CCC(N)CC2)CC1. The van der Waals surface area contributed by atoms with Crippen LogP contribution >= 0.6 is 0 Å². The summed E-state index contributed by atoms with van der Waals surface area (Å²) >= 11 is 0. The van der Waals surface area contributed by atoms with E-state index >= 15 is 0 Å². The molecule has 0 aromatic heterocycles. The molecule has 184 valence electrons. The van der Waals surface area contributed by atoms with Crippen molar-refractivity contribution in [3.8, 4) is 0 Å². The zero-order chi connectivity index (χ0) is 23.1. The number of nitrogens with zero attached hydrogens (tertiary/aromatic N) is 4. The molecular weight excluding hydrogens is 408 g/mol. The Kier molecular flexibility index (Phi) is 9.39. The first kappa shape index (κ1) is 25.0. The van der Waals surface area contributed by atoms with Crippen molar-refractivity contribution in [3.63, 3.8) is 0 Å². The molecule has 4 heterocycles. The van der Waals surface area contributed by atoms with Gasteiger partial charge in [-0.25, -0.2) is 9.59 Å². The molecule has 32 heavy (non-hydrogen) atoms. The van der Waals surface area contributed by atoms with Gasteiger partial charge in [0.1, 0.15) is 0 Å². The lowest BCUT2D eigenvalue weighted by Gasteiger charge is -2.37. The molecule has 4 aliphatic rings. The summed E-state index contributed by atoms with van der Waals surface area (Å²) in [7, 11) is 0. The van der Waals surface area contributed by atoms with Crippen LogP contribution in [0.4, 0.5) is 9.59 Å². The Labute approximate surface area is 192 Å². The van der Waals surface area contributed by atoms with E-state index in [1.54, 1.807) is 0 Å². The fraction of sp³-hybridized carbons (Fsp3) is 0.909. The van der Waals surface area contributed by atoms with E-state index in [0.717, 1.165) is 104 Å². The van der Waals surface area contributed by atoms with E-state index in [1.165, 1.54) is 0 Å². The number of likely N-dealkylation sites (tertiary alicyclic amines) is 4. The van der Waals surface area contributed by atoms with Crippen LogP contribution in [0.25, 0.3) is 0 Å². The summed E-state index contributed by atoms with van der Waals surface area (Å²) in [6.07, 6.45) is 7.44. The fourth-order valence-electron chi connectivity index (χ4n) is 4.76. The zero-order valence-corrected chi connectivity index (χ0v) is 19.5. The normalized spacial score (nSPS) is 24.9. The van der Waals surface area contributed by atoms with Crippen molar-refractivity contribution >= 4 is 12.1 Å². The van der Waals surface area contributed by atoms with Crippen molar-refractivity contribution in [1.82, 2.24) is 19.6 Å². The van der Waals surface area contributed by atoms with Gasteiger partial charge in [-0.2, -0.15) is 0 Å². The Morgan fingerprint density at radius 3 is 0.719 bits per heavy atom. The lowest BCUT2D eigenvalue weighted by molar-refractivity contribution is 0.128. The van der Waals surface area contributed by atoms with Gasteiger partial charge in [0.2, 0.25) is 0 Å². The van der Waals surface area contributed by atoms with Crippen molar-refractivity contribution in [2.75, 3.05) is 52.4 Å². The van der Waals surface area contributed by atoms with Gasteiger partial charge < -0.3 is 42.5 Å². The van der Waals surface area contributed by atoms with Crippen molar-refractivity contribution in [1.29, 1.82) is 0 Å². The molecule has 0 saturated carbocycles. The molecule has 0 aromatic carbocycles. The van der Waals surface area contributed by atoms with Gasteiger partial charge in [-0.05, 0) is 51.4 Å². The Hall–Kier alpha value is -1.62.